The predicted molar refractivity (Wildman–Crippen MR) is 147 cm³/mol. The number of para-hydroxylation sites is 1. The molecule has 8 nitrogen and oxygen atoms in total. The SMILES string of the molecule is CCOc1c(OC)cccc1[C@H]1C(C(=O)OCCOC)=C(C)N=c2s/c(=C/c3ccc(Cl)cc3Cl)c(=O)n21. The van der Waals surface area contributed by atoms with Gasteiger partial charge in [-0.25, -0.2) is 9.79 Å². The van der Waals surface area contributed by atoms with Crippen LogP contribution in [0.4, 0.5) is 0 Å². The Morgan fingerprint density at radius 3 is 2.66 bits per heavy atom. The fourth-order valence-electron chi connectivity index (χ4n) is 4.14. The molecule has 0 saturated carbocycles. The highest BCUT2D eigenvalue weighted by Crippen LogP contribution is 2.40. The van der Waals surface area contributed by atoms with Crippen LogP contribution in [0.25, 0.3) is 6.08 Å². The van der Waals surface area contributed by atoms with Gasteiger partial charge in [0.05, 0.1) is 36.1 Å². The van der Waals surface area contributed by atoms with Gasteiger partial charge in [-0.1, -0.05) is 52.7 Å². The number of methoxy groups -OCH3 is 2. The van der Waals surface area contributed by atoms with E-state index in [-0.39, 0.29) is 24.3 Å². The van der Waals surface area contributed by atoms with Gasteiger partial charge in [-0.2, -0.15) is 0 Å². The second-order valence-electron chi connectivity index (χ2n) is 8.19. The normalized spacial score (nSPS) is 15.2. The smallest absolute Gasteiger partial charge is 0.338 e. The Labute approximate surface area is 233 Å². The van der Waals surface area contributed by atoms with Crippen LogP contribution in [-0.2, 0) is 14.3 Å². The lowest BCUT2D eigenvalue weighted by molar-refractivity contribution is -0.140. The van der Waals surface area contributed by atoms with Gasteiger partial charge in [0.1, 0.15) is 12.6 Å². The van der Waals surface area contributed by atoms with E-state index in [9.17, 15) is 9.59 Å². The van der Waals surface area contributed by atoms with Crippen molar-refractivity contribution in [2.45, 2.75) is 19.9 Å². The van der Waals surface area contributed by atoms with Crippen molar-refractivity contribution in [3.63, 3.8) is 0 Å². The lowest BCUT2D eigenvalue weighted by atomic mass is 9.94. The molecule has 0 fully saturated rings. The number of hydrogen-bond acceptors (Lipinski definition) is 8. The molecule has 38 heavy (non-hydrogen) atoms. The van der Waals surface area contributed by atoms with Crippen LogP contribution in [0.1, 0.15) is 31.0 Å². The molecule has 0 saturated heterocycles. The lowest BCUT2D eigenvalue weighted by Crippen LogP contribution is -2.40. The fourth-order valence-corrected chi connectivity index (χ4v) is 5.64. The second kappa shape index (κ2) is 12.2. The van der Waals surface area contributed by atoms with Crippen LogP contribution in [0.2, 0.25) is 10.0 Å². The van der Waals surface area contributed by atoms with Crippen LogP contribution in [0.15, 0.2) is 57.5 Å². The number of esters is 1. The largest absolute Gasteiger partial charge is 0.493 e. The number of rotatable bonds is 9. The maximum Gasteiger partial charge on any atom is 0.338 e. The zero-order chi connectivity index (χ0) is 27.4. The molecule has 1 aliphatic rings. The number of benzene rings is 2. The Morgan fingerprint density at radius 2 is 1.97 bits per heavy atom. The highest BCUT2D eigenvalue weighted by molar-refractivity contribution is 7.07. The number of fused-ring (bicyclic) bond motifs is 1. The molecule has 0 N–H and O–H groups in total. The maximum atomic E-state index is 13.9. The van der Waals surface area contributed by atoms with Crippen LogP contribution in [-0.4, -0.2) is 44.6 Å². The Balaban J connectivity index is 1.98. The molecule has 2 aromatic carbocycles. The van der Waals surface area contributed by atoms with Crippen molar-refractivity contribution in [2.24, 2.45) is 4.99 Å². The summed E-state index contributed by atoms with van der Waals surface area (Å²) in [6.45, 7) is 4.19. The average Bonchev–Trinajstić information content (AvgIpc) is 3.19. The average molecular weight is 577 g/mol. The number of carbonyl (C=O) groups excluding carboxylic acids is 1. The first-order chi connectivity index (χ1) is 18.3. The molecule has 0 bridgehead atoms. The van der Waals surface area contributed by atoms with Gasteiger partial charge in [-0.15, -0.1) is 0 Å². The van der Waals surface area contributed by atoms with E-state index in [2.05, 4.69) is 4.99 Å². The van der Waals surface area contributed by atoms with E-state index < -0.39 is 12.0 Å². The van der Waals surface area contributed by atoms with Gasteiger partial charge in [-0.05, 0) is 43.7 Å². The van der Waals surface area contributed by atoms with Gasteiger partial charge in [-0.3, -0.25) is 9.36 Å². The standard InChI is InChI=1S/C27H26Cl2N2O6S/c1-5-36-24-18(7-6-8-20(24)35-4)23-22(26(33)37-12-11-34-3)15(2)30-27-31(23)25(32)21(38-27)13-16-9-10-17(28)14-19(16)29/h6-10,13-14,23H,5,11-12H2,1-4H3/b21-13+/t23-/m0/s1. The minimum Gasteiger partial charge on any atom is -0.493 e. The second-order valence-corrected chi connectivity index (χ2v) is 10.0. The van der Waals surface area contributed by atoms with Crippen molar-refractivity contribution in [1.29, 1.82) is 0 Å². The van der Waals surface area contributed by atoms with Crippen LogP contribution in [0.5, 0.6) is 11.5 Å². The minimum atomic E-state index is -0.874. The fraction of sp³-hybridized carbons (Fsp3) is 0.296. The number of aromatic nitrogens is 1. The maximum absolute atomic E-state index is 13.9. The van der Waals surface area contributed by atoms with Crippen LogP contribution in [0, 0.1) is 0 Å². The summed E-state index contributed by atoms with van der Waals surface area (Å²) in [5.41, 5.74) is 1.50. The van der Waals surface area contributed by atoms with Crippen molar-refractivity contribution in [1.82, 2.24) is 4.57 Å². The van der Waals surface area contributed by atoms with Crippen LogP contribution >= 0.6 is 34.5 Å². The molecule has 0 aliphatic carbocycles. The number of ether oxygens (including phenoxy) is 4. The van der Waals surface area contributed by atoms with Gasteiger partial charge < -0.3 is 18.9 Å². The van der Waals surface area contributed by atoms with Gasteiger partial charge in [0, 0.05) is 22.7 Å². The van der Waals surface area contributed by atoms with Gasteiger partial charge in [0.2, 0.25) is 0 Å². The van der Waals surface area contributed by atoms with E-state index in [1.54, 1.807) is 49.4 Å². The Hall–Kier alpha value is -3.11. The lowest BCUT2D eigenvalue weighted by Gasteiger charge is -2.27. The van der Waals surface area contributed by atoms with Crippen molar-refractivity contribution < 1.29 is 23.7 Å². The molecule has 0 amide bonds. The molecular weight excluding hydrogens is 551 g/mol. The zero-order valence-electron chi connectivity index (χ0n) is 21.2. The number of allylic oxidation sites excluding steroid dienone is 1. The zero-order valence-corrected chi connectivity index (χ0v) is 23.6. The number of thiazole rings is 1. The highest BCUT2D eigenvalue weighted by Gasteiger charge is 2.36. The molecule has 4 rings (SSSR count). The van der Waals surface area contributed by atoms with E-state index in [0.717, 1.165) is 0 Å². The molecule has 1 aromatic heterocycles. The number of halogens is 2. The summed E-state index contributed by atoms with van der Waals surface area (Å²) in [4.78, 5) is 32.3. The quantitative estimate of drug-likeness (QED) is 0.281. The molecule has 1 aliphatic heterocycles. The third kappa shape index (κ3) is 5.51. The van der Waals surface area contributed by atoms with E-state index in [0.29, 0.717) is 54.3 Å². The van der Waals surface area contributed by atoms with E-state index in [1.807, 2.05) is 6.92 Å². The molecule has 0 unspecified atom stereocenters. The summed E-state index contributed by atoms with van der Waals surface area (Å²) in [6, 6.07) is 9.50. The summed E-state index contributed by atoms with van der Waals surface area (Å²) in [6.07, 6.45) is 1.69. The number of hydrogen-bond donors (Lipinski definition) is 0. The van der Waals surface area contributed by atoms with Crippen molar-refractivity contribution in [2.75, 3.05) is 34.0 Å². The Bertz CT molecular complexity index is 1580. The summed E-state index contributed by atoms with van der Waals surface area (Å²) >= 11 is 13.6. The van der Waals surface area contributed by atoms with Crippen molar-refractivity contribution in [3.05, 3.63) is 88.5 Å². The molecule has 1 atom stereocenters. The predicted octanol–water partition coefficient (Wildman–Crippen LogP) is 4.14. The summed E-state index contributed by atoms with van der Waals surface area (Å²) in [5, 5.41) is 0.896. The van der Waals surface area contributed by atoms with Crippen LogP contribution < -0.4 is 24.4 Å². The molecule has 0 radical (unpaired) electrons. The highest BCUT2D eigenvalue weighted by atomic mass is 35.5. The van der Waals surface area contributed by atoms with E-state index >= 15 is 0 Å². The first kappa shape index (κ1) is 27.9. The Morgan fingerprint density at radius 1 is 1.18 bits per heavy atom. The van der Waals surface area contributed by atoms with E-state index in [4.69, 9.17) is 42.1 Å². The third-order valence-electron chi connectivity index (χ3n) is 5.82. The molecular formula is C27H26Cl2N2O6S. The minimum absolute atomic E-state index is 0.0503. The number of carbonyl (C=O) groups is 1. The van der Waals surface area contributed by atoms with Crippen molar-refractivity contribution in [3.8, 4) is 11.5 Å². The van der Waals surface area contributed by atoms with Crippen molar-refractivity contribution >= 4 is 46.6 Å². The monoisotopic (exact) mass is 576 g/mol. The summed E-state index contributed by atoms with van der Waals surface area (Å²) in [5.74, 6) is 0.296. The topological polar surface area (TPSA) is 88.4 Å². The first-order valence-corrected chi connectivity index (χ1v) is 13.3. The van der Waals surface area contributed by atoms with Crippen LogP contribution in [0.3, 0.4) is 0 Å². The van der Waals surface area contributed by atoms with E-state index in [1.165, 1.54) is 30.1 Å². The van der Waals surface area contributed by atoms with Gasteiger partial charge in [0.25, 0.3) is 5.56 Å². The number of nitrogens with zero attached hydrogens (tertiary/aromatic N) is 2. The molecule has 2 heterocycles. The Kier molecular flexibility index (Phi) is 8.94. The molecule has 200 valence electrons. The first-order valence-electron chi connectivity index (χ1n) is 11.7. The molecule has 11 heteroatoms. The third-order valence-corrected chi connectivity index (χ3v) is 7.37. The van der Waals surface area contributed by atoms with Gasteiger partial charge in [0.15, 0.2) is 16.3 Å². The molecule has 0 spiro atoms. The van der Waals surface area contributed by atoms with Gasteiger partial charge >= 0.3 is 5.97 Å². The molecule has 3 aromatic rings. The summed E-state index contributed by atoms with van der Waals surface area (Å²) in [7, 11) is 3.05. The summed E-state index contributed by atoms with van der Waals surface area (Å²) < 4.78 is 23.9.